The van der Waals surface area contributed by atoms with E-state index >= 15 is 0 Å². The van der Waals surface area contributed by atoms with Gasteiger partial charge in [0.15, 0.2) is 34.5 Å². The number of carbonyl (C=O) groups excluding carboxylic acids is 2. The van der Waals surface area contributed by atoms with Crippen molar-refractivity contribution in [2.45, 2.75) is 32.3 Å². The lowest BCUT2D eigenvalue weighted by Gasteiger charge is -2.18. The molecule has 9 rings (SSSR count). The Kier molecular flexibility index (Phi) is 11.8. The fraction of sp³-hybridized carbons (Fsp3) is 0.238. The zero-order valence-electron chi connectivity index (χ0n) is 29.5. The van der Waals surface area contributed by atoms with E-state index in [1.54, 1.807) is 21.3 Å². The van der Waals surface area contributed by atoms with Gasteiger partial charge in [0, 0.05) is 13.1 Å². The lowest BCUT2D eigenvalue weighted by atomic mass is 10.1. The summed E-state index contributed by atoms with van der Waals surface area (Å²) in [5.74, 6) is 3.76. The highest BCUT2D eigenvalue weighted by atomic mass is 16.5. The van der Waals surface area contributed by atoms with Crippen LogP contribution in [0.3, 0.4) is 0 Å². The summed E-state index contributed by atoms with van der Waals surface area (Å²) in [6, 6.07) is 32.1. The Morgan fingerprint density at radius 1 is 0.558 bits per heavy atom. The molecule has 0 saturated heterocycles. The molecule has 10 heteroatoms. The van der Waals surface area contributed by atoms with Crippen LogP contribution in [0, 0.1) is 0 Å². The van der Waals surface area contributed by atoms with Gasteiger partial charge in [-0.25, -0.2) is 0 Å². The molecule has 0 aliphatic carbocycles. The SMILES string of the molecule is COc1cc2ccc1Oc1cc(cc(OC)c1OC)CCNC(=O)Cc1ccc(OCc3ccccc3)c(c1)Oc1ccc(cc1)CC(=O)NCC2. The fourth-order valence-electron chi connectivity index (χ4n) is 5.86. The molecule has 2 N–H and O–H groups in total. The van der Waals surface area contributed by atoms with Crippen LogP contribution in [0.4, 0.5) is 0 Å². The van der Waals surface area contributed by atoms with Crippen molar-refractivity contribution < 1.29 is 38.0 Å². The molecule has 5 aromatic rings. The number of methoxy groups -OCH3 is 3. The maximum Gasteiger partial charge on any atom is 0.224 e. The molecule has 2 amide bonds. The van der Waals surface area contributed by atoms with E-state index in [-0.39, 0.29) is 24.7 Å². The molecule has 0 saturated carbocycles. The molecule has 10 nitrogen and oxygen atoms in total. The van der Waals surface area contributed by atoms with Crippen LogP contribution in [0.1, 0.15) is 27.8 Å². The second kappa shape index (κ2) is 17.2. The maximum atomic E-state index is 13.2. The summed E-state index contributed by atoms with van der Waals surface area (Å²) >= 11 is 0. The highest BCUT2D eigenvalue weighted by molar-refractivity contribution is 5.79. The highest BCUT2D eigenvalue weighted by Crippen LogP contribution is 2.43. The third kappa shape index (κ3) is 9.33. The molecule has 8 bridgehead atoms. The van der Waals surface area contributed by atoms with Crippen molar-refractivity contribution in [1.29, 1.82) is 0 Å². The number of hydrogen-bond acceptors (Lipinski definition) is 8. The molecule has 4 heterocycles. The standard InChI is InChI=1S/C42H42N2O8/c1-47-36-21-29-11-16-35(36)52-39-24-32(23-38(48-2)42(39)49-3)18-20-44-41(46)26-31-12-15-34(50-27-30-7-5-4-6-8-30)37(22-31)51-33-13-9-28(10-14-33)25-40(45)43-19-17-29/h4-16,21-24H,17-20,25-27H2,1-3H3,(H,43,45)(H,44,46). The molecule has 0 atom stereocenters. The Labute approximate surface area is 303 Å². The zero-order chi connectivity index (χ0) is 36.3. The van der Waals surface area contributed by atoms with Crippen molar-refractivity contribution in [2.75, 3.05) is 34.4 Å². The normalized spacial score (nSPS) is 13.6. The number of amides is 2. The summed E-state index contributed by atoms with van der Waals surface area (Å²) < 4.78 is 35.8. The van der Waals surface area contributed by atoms with E-state index in [0.29, 0.717) is 78.5 Å². The topological polar surface area (TPSA) is 114 Å². The van der Waals surface area contributed by atoms with E-state index in [1.807, 2.05) is 103 Å². The van der Waals surface area contributed by atoms with Gasteiger partial charge in [-0.3, -0.25) is 9.59 Å². The molecule has 52 heavy (non-hydrogen) atoms. The van der Waals surface area contributed by atoms with Crippen LogP contribution in [-0.4, -0.2) is 46.2 Å². The maximum absolute atomic E-state index is 13.2. The number of nitrogens with one attached hydrogen (secondary N) is 2. The van der Waals surface area contributed by atoms with Gasteiger partial charge in [0.25, 0.3) is 0 Å². The van der Waals surface area contributed by atoms with Crippen molar-refractivity contribution in [1.82, 2.24) is 10.6 Å². The molecule has 4 aliphatic rings. The minimum absolute atomic E-state index is 0.0921. The number of rotatable bonds is 6. The summed E-state index contributed by atoms with van der Waals surface area (Å²) in [5.41, 5.74) is 4.47. The highest BCUT2D eigenvalue weighted by Gasteiger charge is 2.18. The van der Waals surface area contributed by atoms with Crippen LogP contribution in [-0.2, 0) is 41.9 Å². The average Bonchev–Trinajstić information content (AvgIpc) is 3.15. The van der Waals surface area contributed by atoms with Crippen LogP contribution in [0.25, 0.3) is 0 Å². The third-order valence-corrected chi connectivity index (χ3v) is 8.55. The molecule has 0 spiro atoms. The summed E-state index contributed by atoms with van der Waals surface area (Å²) in [7, 11) is 4.69. The van der Waals surface area contributed by atoms with E-state index in [2.05, 4.69) is 10.6 Å². The number of carbonyl (C=O) groups is 2. The number of benzene rings is 5. The Morgan fingerprint density at radius 3 is 1.90 bits per heavy atom. The first-order chi connectivity index (χ1) is 25.4. The Hall–Kier alpha value is -6.16. The summed E-state index contributed by atoms with van der Waals surface area (Å²) in [4.78, 5) is 26.0. The fourth-order valence-corrected chi connectivity index (χ4v) is 5.86. The number of ether oxygens (including phenoxy) is 6. The van der Waals surface area contributed by atoms with E-state index < -0.39 is 0 Å². The molecule has 0 unspecified atom stereocenters. The Bertz CT molecular complexity index is 2000. The molecule has 5 aromatic carbocycles. The molecule has 0 radical (unpaired) electrons. The van der Waals surface area contributed by atoms with Crippen molar-refractivity contribution in [3.8, 4) is 46.0 Å². The molecule has 4 aliphatic heterocycles. The van der Waals surface area contributed by atoms with Crippen molar-refractivity contribution >= 4 is 11.8 Å². The zero-order valence-corrected chi connectivity index (χ0v) is 29.5. The van der Waals surface area contributed by atoms with Crippen LogP contribution in [0.2, 0.25) is 0 Å². The predicted molar refractivity (Wildman–Crippen MR) is 197 cm³/mol. The monoisotopic (exact) mass is 702 g/mol. The van der Waals surface area contributed by atoms with Crippen molar-refractivity contribution in [3.05, 3.63) is 131 Å². The first-order valence-corrected chi connectivity index (χ1v) is 17.1. The molecule has 0 fully saturated rings. The summed E-state index contributed by atoms with van der Waals surface area (Å²) in [6.45, 7) is 1.19. The van der Waals surface area contributed by atoms with Crippen LogP contribution >= 0.6 is 0 Å². The van der Waals surface area contributed by atoms with Gasteiger partial charge in [0.05, 0.1) is 34.2 Å². The van der Waals surface area contributed by atoms with Gasteiger partial charge < -0.3 is 39.1 Å². The van der Waals surface area contributed by atoms with Crippen LogP contribution in [0.5, 0.6) is 46.0 Å². The lowest BCUT2D eigenvalue weighted by molar-refractivity contribution is -0.121. The smallest absolute Gasteiger partial charge is 0.224 e. The van der Waals surface area contributed by atoms with Gasteiger partial charge in [-0.2, -0.15) is 0 Å². The molecular formula is C42H42N2O8. The van der Waals surface area contributed by atoms with Crippen molar-refractivity contribution in [3.63, 3.8) is 0 Å². The Morgan fingerprint density at radius 2 is 1.19 bits per heavy atom. The van der Waals surface area contributed by atoms with Gasteiger partial charge in [0.1, 0.15) is 12.4 Å². The minimum Gasteiger partial charge on any atom is -0.493 e. The second-order valence-corrected chi connectivity index (χ2v) is 12.3. The van der Waals surface area contributed by atoms with Gasteiger partial charge in [-0.05, 0) is 89.2 Å². The van der Waals surface area contributed by atoms with Gasteiger partial charge in [0.2, 0.25) is 17.6 Å². The van der Waals surface area contributed by atoms with Gasteiger partial charge in [-0.15, -0.1) is 0 Å². The summed E-state index contributed by atoms with van der Waals surface area (Å²) in [5, 5.41) is 6.03. The van der Waals surface area contributed by atoms with Crippen LogP contribution < -0.4 is 39.1 Å². The van der Waals surface area contributed by atoms with E-state index in [0.717, 1.165) is 27.8 Å². The van der Waals surface area contributed by atoms with Crippen LogP contribution in [0.15, 0.2) is 103 Å². The summed E-state index contributed by atoms with van der Waals surface area (Å²) in [6.07, 6.45) is 1.47. The lowest BCUT2D eigenvalue weighted by Crippen LogP contribution is -2.27. The van der Waals surface area contributed by atoms with Gasteiger partial charge >= 0.3 is 0 Å². The average molecular weight is 703 g/mol. The first kappa shape index (κ1) is 35.7. The van der Waals surface area contributed by atoms with E-state index in [1.165, 1.54) is 0 Å². The van der Waals surface area contributed by atoms with E-state index in [4.69, 9.17) is 28.4 Å². The third-order valence-electron chi connectivity index (χ3n) is 8.55. The predicted octanol–water partition coefficient (Wildman–Crippen LogP) is 6.99. The second-order valence-electron chi connectivity index (χ2n) is 12.3. The number of hydrogen-bond donors (Lipinski definition) is 2. The van der Waals surface area contributed by atoms with Crippen molar-refractivity contribution in [2.24, 2.45) is 0 Å². The van der Waals surface area contributed by atoms with Gasteiger partial charge in [-0.1, -0.05) is 54.6 Å². The molecule has 268 valence electrons. The Balaban J connectivity index is 1.27. The minimum atomic E-state index is -0.144. The quantitative estimate of drug-likeness (QED) is 0.195. The largest absolute Gasteiger partial charge is 0.493 e. The molecule has 0 aromatic heterocycles. The first-order valence-electron chi connectivity index (χ1n) is 17.1. The van der Waals surface area contributed by atoms with E-state index in [9.17, 15) is 9.59 Å². The molecular weight excluding hydrogens is 660 g/mol.